The van der Waals surface area contributed by atoms with Gasteiger partial charge in [0.05, 0.1) is 18.9 Å². The molecule has 1 aromatic carbocycles. The number of fused-ring (bicyclic) bond motifs is 4. The van der Waals surface area contributed by atoms with Gasteiger partial charge in [0.25, 0.3) is 11.8 Å². The lowest BCUT2D eigenvalue weighted by Crippen LogP contribution is -2.60. The number of alkyl halides is 2. The highest BCUT2D eigenvalue weighted by molar-refractivity contribution is 9.10. The average Bonchev–Trinajstić information content (AvgIpc) is 3.24. The topological polar surface area (TPSA) is 142 Å². The van der Waals surface area contributed by atoms with Crippen LogP contribution in [0.4, 0.5) is 0 Å². The molecule has 4 amide bonds. The Bertz CT molecular complexity index is 1400. The van der Waals surface area contributed by atoms with E-state index in [1.54, 1.807) is 18.2 Å². The van der Waals surface area contributed by atoms with Crippen LogP contribution in [0.3, 0.4) is 0 Å². The van der Waals surface area contributed by atoms with Crippen LogP contribution < -0.4 is 4.74 Å². The number of carbonyl (C=O) groups is 5. The van der Waals surface area contributed by atoms with Crippen molar-refractivity contribution in [3.05, 3.63) is 33.8 Å². The number of carbonyl (C=O) groups excluding carboxylic acids is 4. The number of imide groups is 2. The lowest BCUT2D eigenvalue weighted by atomic mass is 9.56. The summed E-state index contributed by atoms with van der Waals surface area (Å²) < 4.78 is 5.86. The lowest BCUT2D eigenvalue weighted by molar-refractivity contribution is -0.141. The number of aromatic hydroxyl groups is 1. The maximum absolute atomic E-state index is 13.8. The molecule has 3 fully saturated rings. The number of carboxylic acids is 1. The first-order valence-electron chi connectivity index (χ1n) is 13.3. The van der Waals surface area contributed by atoms with Crippen LogP contribution >= 0.6 is 39.1 Å². The smallest absolute Gasteiger partial charge is 0.303 e. The number of rotatable bonds is 8. The van der Waals surface area contributed by atoms with Gasteiger partial charge in [-0.2, -0.15) is 0 Å². The molecule has 6 atom stereocenters. The third kappa shape index (κ3) is 4.29. The maximum atomic E-state index is 13.8. The van der Waals surface area contributed by atoms with Gasteiger partial charge in [-0.15, -0.1) is 23.2 Å². The van der Waals surface area contributed by atoms with Gasteiger partial charge in [0.1, 0.15) is 0 Å². The molecule has 0 bridgehead atoms. The minimum absolute atomic E-state index is 0.0102. The first-order chi connectivity index (χ1) is 19.3. The van der Waals surface area contributed by atoms with E-state index in [1.807, 2.05) is 0 Å². The van der Waals surface area contributed by atoms with E-state index in [0.717, 1.165) is 4.90 Å². The second kappa shape index (κ2) is 10.6. The second-order valence-electron chi connectivity index (χ2n) is 11.1. The van der Waals surface area contributed by atoms with Crippen molar-refractivity contribution in [3.8, 4) is 11.5 Å². The quantitative estimate of drug-likeness (QED) is 0.184. The van der Waals surface area contributed by atoms with Crippen molar-refractivity contribution in [2.45, 2.75) is 54.2 Å². The molecule has 0 unspecified atom stereocenters. The highest BCUT2D eigenvalue weighted by Gasteiger charge is 2.76. The minimum Gasteiger partial charge on any atom is -0.504 e. The molecule has 4 aliphatic rings. The molecule has 220 valence electrons. The molecule has 2 aliphatic heterocycles. The number of allylic oxidation sites excluding steroid dienone is 2. The number of hydrogen-bond donors (Lipinski definition) is 2. The fraction of sp³-hybridized carbons (Fsp3) is 0.536. The van der Waals surface area contributed by atoms with E-state index in [9.17, 15) is 29.1 Å². The lowest BCUT2D eigenvalue weighted by Gasteiger charge is -2.50. The van der Waals surface area contributed by atoms with Crippen LogP contribution in [-0.4, -0.2) is 80.1 Å². The Kier molecular flexibility index (Phi) is 7.70. The van der Waals surface area contributed by atoms with Gasteiger partial charge in [-0.1, -0.05) is 34.0 Å². The molecule has 13 heteroatoms. The van der Waals surface area contributed by atoms with E-state index in [4.69, 9.17) is 33.0 Å². The summed E-state index contributed by atoms with van der Waals surface area (Å²) in [6, 6.07) is 3.13. The summed E-state index contributed by atoms with van der Waals surface area (Å²) in [5, 5.41) is 20.1. The summed E-state index contributed by atoms with van der Waals surface area (Å²) >= 11 is 17.7. The van der Waals surface area contributed by atoms with Crippen LogP contribution in [0.1, 0.15) is 50.0 Å². The Morgan fingerprint density at radius 3 is 2.46 bits per heavy atom. The summed E-state index contributed by atoms with van der Waals surface area (Å²) in [4.78, 5) is 63.3. The zero-order chi connectivity index (χ0) is 30.0. The molecular formula is C28H29BrCl2N2O8. The third-order valence-electron chi connectivity index (χ3n) is 8.98. The number of nitrogens with zero attached hydrogens (tertiary/aromatic N) is 2. The molecule has 0 radical (unpaired) electrons. The Hall–Kier alpha value is -2.63. The Morgan fingerprint density at radius 1 is 1.10 bits per heavy atom. The van der Waals surface area contributed by atoms with Crippen LogP contribution in [0.25, 0.3) is 0 Å². The number of likely N-dealkylation sites (tertiary alicyclic amines) is 2. The predicted molar refractivity (Wildman–Crippen MR) is 151 cm³/mol. The highest BCUT2D eigenvalue weighted by atomic mass is 79.9. The molecular weight excluding hydrogens is 643 g/mol. The summed E-state index contributed by atoms with van der Waals surface area (Å²) in [6.07, 6.45) is 3.31. The highest BCUT2D eigenvalue weighted by Crippen LogP contribution is 2.66. The maximum Gasteiger partial charge on any atom is 0.303 e. The summed E-state index contributed by atoms with van der Waals surface area (Å²) in [5.41, 5.74) is 0.767. The number of phenolic OH excluding ortho intramolecular Hbond substituents is 1. The first kappa shape index (κ1) is 29.8. The van der Waals surface area contributed by atoms with Gasteiger partial charge in [-0.25, -0.2) is 0 Å². The molecule has 2 aliphatic carbocycles. The number of ether oxygens (including phenoxy) is 1. The Morgan fingerprint density at radius 2 is 1.80 bits per heavy atom. The monoisotopic (exact) mass is 670 g/mol. The zero-order valence-electron chi connectivity index (χ0n) is 22.4. The van der Waals surface area contributed by atoms with Crippen LogP contribution in [0.5, 0.6) is 11.5 Å². The zero-order valence-corrected chi connectivity index (χ0v) is 25.5. The van der Waals surface area contributed by atoms with Gasteiger partial charge < -0.3 is 14.9 Å². The number of benzene rings is 1. The van der Waals surface area contributed by atoms with Crippen molar-refractivity contribution in [3.63, 3.8) is 0 Å². The van der Waals surface area contributed by atoms with Crippen molar-refractivity contribution in [2.75, 3.05) is 20.7 Å². The van der Waals surface area contributed by atoms with Crippen molar-refractivity contribution in [1.29, 1.82) is 0 Å². The standard InChI is InChI=1S/C28H29BrCl2N2O8/c1-32-25(39)27(30)12-17-14(21(28(27,31)26(32)40)16-10-13(29)11-18(41-2)22(16)36)7-8-15-20(17)24(38)33(23(15)37)9-5-3-4-6-19(34)35/h7,10-11,15,17,20-21,36H,3-6,8-9,12H2,1-2H3,(H,34,35)/t15-,17+,20-,21+,27+,28-/m0/s1. The van der Waals surface area contributed by atoms with Gasteiger partial charge in [0.15, 0.2) is 21.2 Å². The van der Waals surface area contributed by atoms with E-state index in [1.165, 1.54) is 19.1 Å². The van der Waals surface area contributed by atoms with Crippen LogP contribution in [0.2, 0.25) is 0 Å². The molecule has 0 aromatic heterocycles. The van der Waals surface area contributed by atoms with Gasteiger partial charge >= 0.3 is 5.97 Å². The van der Waals surface area contributed by atoms with Crippen LogP contribution in [0, 0.1) is 17.8 Å². The largest absolute Gasteiger partial charge is 0.504 e. The molecule has 41 heavy (non-hydrogen) atoms. The predicted octanol–water partition coefficient (Wildman–Crippen LogP) is 3.80. The van der Waals surface area contributed by atoms with Gasteiger partial charge in [0.2, 0.25) is 11.8 Å². The number of halogens is 3. The van der Waals surface area contributed by atoms with Crippen molar-refractivity contribution < 1.29 is 38.9 Å². The van der Waals surface area contributed by atoms with Gasteiger partial charge in [-0.3, -0.25) is 33.8 Å². The fourth-order valence-corrected chi connectivity index (χ4v) is 8.53. The van der Waals surface area contributed by atoms with Crippen molar-refractivity contribution in [2.24, 2.45) is 17.8 Å². The molecule has 2 heterocycles. The minimum atomic E-state index is -2.02. The molecule has 0 spiro atoms. The number of hydrogen-bond acceptors (Lipinski definition) is 7. The number of carboxylic acid groups (broad SMARTS) is 1. The Balaban J connectivity index is 1.58. The molecule has 2 saturated heterocycles. The number of phenols is 1. The second-order valence-corrected chi connectivity index (χ2v) is 13.2. The summed E-state index contributed by atoms with van der Waals surface area (Å²) in [5.74, 6) is -6.54. The number of methoxy groups -OCH3 is 1. The van der Waals surface area contributed by atoms with Gasteiger partial charge in [0, 0.05) is 36.0 Å². The summed E-state index contributed by atoms with van der Waals surface area (Å²) in [7, 11) is 2.67. The normalized spacial score (nSPS) is 32.6. The van der Waals surface area contributed by atoms with Crippen molar-refractivity contribution >= 4 is 68.7 Å². The van der Waals surface area contributed by atoms with E-state index in [2.05, 4.69) is 15.9 Å². The van der Waals surface area contributed by atoms with E-state index in [0.29, 0.717) is 29.3 Å². The van der Waals surface area contributed by atoms with Gasteiger partial charge in [-0.05, 0) is 43.7 Å². The van der Waals surface area contributed by atoms with E-state index < -0.39 is 57.1 Å². The SMILES string of the molecule is COc1cc(Br)cc([C@H]2C3=CC[C@@H]4C(=O)N(CCCCCC(=O)O)C(=O)[C@@H]4[C@@H]3C[C@@]3(Cl)C(=O)N(C)C(=O)[C@@]23Cl)c1O. The third-order valence-corrected chi connectivity index (χ3v) is 10.8. The molecule has 10 nitrogen and oxygen atoms in total. The fourth-order valence-electron chi connectivity index (χ4n) is 7.07. The molecule has 2 N–H and O–H groups in total. The van der Waals surface area contributed by atoms with Crippen molar-refractivity contribution in [1.82, 2.24) is 9.80 Å². The molecule has 1 saturated carbocycles. The van der Waals surface area contributed by atoms with Crippen LogP contribution in [-0.2, 0) is 24.0 Å². The average molecular weight is 672 g/mol. The summed E-state index contributed by atoms with van der Waals surface area (Å²) in [6.45, 7) is 0.158. The van der Waals surface area contributed by atoms with E-state index >= 15 is 0 Å². The molecule has 1 aromatic rings. The first-order valence-corrected chi connectivity index (χ1v) is 14.9. The number of unbranched alkanes of at least 4 members (excludes halogenated alkanes) is 2. The van der Waals surface area contributed by atoms with Crippen LogP contribution in [0.15, 0.2) is 28.3 Å². The number of amides is 4. The number of aliphatic carboxylic acids is 1. The van der Waals surface area contributed by atoms with E-state index in [-0.39, 0.29) is 48.8 Å². The molecule has 5 rings (SSSR count). The Labute approximate surface area is 254 Å².